The van der Waals surface area contributed by atoms with Gasteiger partial charge in [0.2, 0.25) is 5.69 Å². The standard InChI is InChI=1S/C28H32ClN5O5S/c1-27(2)25(28(3,4)26(27)39-21-13-14-23(30-5)22(29)16-21)31-24(35)18-9-11-20(12-10-18)34-17-19(32-33-34)8-7-15-38-40(6,36)37/h9-14,16-17,25-26H,7-8,15H2,1-4,6H3,(H,31,35). The summed E-state index contributed by atoms with van der Waals surface area (Å²) < 4.78 is 34.8. The quantitative estimate of drug-likeness (QED) is 0.202. The molecule has 40 heavy (non-hydrogen) atoms. The highest BCUT2D eigenvalue weighted by Crippen LogP contribution is 2.55. The summed E-state index contributed by atoms with van der Waals surface area (Å²) in [5, 5.41) is 11.8. The second-order valence-corrected chi connectivity index (χ2v) is 13.2. The molecule has 0 saturated heterocycles. The second kappa shape index (κ2) is 11.2. The monoisotopic (exact) mass is 585 g/mol. The van der Waals surface area contributed by atoms with Crippen LogP contribution in [0.1, 0.15) is 50.2 Å². The van der Waals surface area contributed by atoms with E-state index in [1.807, 2.05) is 0 Å². The summed E-state index contributed by atoms with van der Waals surface area (Å²) in [4.78, 5) is 16.6. The number of ether oxygens (including phenoxy) is 1. The number of nitrogens with one attached hydrogen (secondary N) is 1. The first-order valence-corrected chi connectivity index (χ1v) is 14.9. The van der Waals surface area contributed by atoms with Gasteiger partial charge in [0.05, 0.1) is 42.0 Å². The molecular formula is C28H32ClN5O5S. The van der Waals surface area contributed by atoms with Crippen molar-refractivity contribution < 1.29 is 22.1 Å². The van der Waals surface area contributed by atoms with Crippen molar-refractivity contribution in [3.05, 3.63) is 76.4 Å². The van der Waals surface area contributed by atoms with E-state index in [1.165, 1.54) is 0 Å². The van der Waals surface area contributed by atoms with Crippen LogP contribution in [0.15, 0.2) is 48.7 Å². The molecule has 1 aliphatic carbocycles. The second-order valence-electron chi connectivity index (χ2n) is 11.1. The Kier molecular flexibility index (Phi) is 8.26. The summed E-state index contributed by atoms with van der Waals surface area (Å²) in [6.45, 7) is 15.5. The minimum Gasteiger partial charge on any atom is -0.489 e. The van der Waals surface area contributed by atoms with Crippen LogP contribution in [0.25, 0.3) is 10.5 Å². The summed E-state index contributed by atoms with van der Waals surface area (Å²) >= 11 is 6.19. The number of aryl methyl sites for hydroxylation is 1. The number of hydrogen-bond acceptors (Lipinski definition) is 7. The van der Waals surface area contributed by atoms with E-state index in [4.69, 9.17) is 27.1 Å². The Morgan fingerprint density at radius 1 is 1.15 bits per heavy atom. The number of halogens is 1. The van der Waals surface area contributed by atoms with Crippen molar-refractivity contribution >= 4 is 33.3 Å². The summed E-state index contributed by atoms with van der Waals surface area (Å²) in [6, 6.07) is 11.9. The van der Waals surface area contributed by atoms with Gasteiger partial charge in [-0.2, -0.15) is 8.42 Å². The zero-order chi connectivity index (χ0) is 29.3. The molecule has 1 heterocycles. The topological polar surface area (TPSA) is 117 Å². The van der Waals surface area contributed by atoms with Gasteiger partial charge in [0.1, 0.15) is 11.9 Å². The van der Waals surface area contributed by atoms with Gasteiger partial charge in [0, 0.05) is 22.4 Å². The third kappa shape index (κ3) is 6.30. The molecule has 0 aliphatic heterocycles. The molecule has 1 saturated carbocycles. The lowest BCUT2D eigenvalue weighted by molar-refractivity contribution is -0.164. The molecule has 1 aromatic heterocycles. The average Bonchev–Trinajstić information content (AvgIpc) is 3.36. The molecule has 0 atom stereocenters. The van der Waals surface area contributed by atoms with Crippen LogP contribution in [0.5, 0.6) is 5.75 Å². The molecule has 1 N–H and O–H groups in total. The number of rotatable bonds is 10. The van der Waals surface area contributed by atoms with Crippen LogP contribution in [-0.2, 0) is 20.7 Å². The van der Waals surface area contributed by atoms with Crippen LogP contribution in [0.3, 0.4) is 0 Å². The Labute approximate surface area is 239 Å². The predicted molar refractivity (Wildman–Crippen MR) is 151 cm³/mol. The molecule has 0 spiro atoms. The number of carbonyl (C=O) groups is 1. The van der Waals surface area contributed by atoms with E-state index in [2.05, 4.69) is 48.2 Å². The largest absolute Gasteiger partial charge is 0.489 e. The predicted octanol–water partition coefficient (Wildman–Crippen LogP) is 4.99. The molecule has 1 aliphatic rings. The van der Waals surface area contributed by atoms with Gasteiger partial charge in [-0.25, -0.2) is 9.53 Å². The molecule has 3 aromatic rings. The van der Waals surface area contributed by atoms with E-state index in [9.17, 15) is 13.2 Å². The van der Waals surface area contributed by atoms with E-state index in [0.29, 0.717) is 40.6 Å². The minimum atomic E-state index is -3.46. The van der Waals surface area contributed by atoms with Crippen molar-refractivity contribution in [2.45, 2.75) is 52.7 Å². The van der Waals surface area contributed by atoms with Crippen molar-refractivity contribution in [2.24, 2.45) is 10.8 Å². The molecule has 0 bridgehead atoms. The zero-order valence-electron chi connectivity index (χ0n) is 23.0. The third-order valence-corrected chi connectivity index (χ3v) is 8.12. The first-order chi connectivity index (χ1) is 18.7. The van der Waals surface area contributed by atoms with Gasteiger partial charge in [0.25, 0.3) is 16.0 Å². The Morgan fingerprint density at radius 2 is 1.82 bits per heavy atom. The molecule has 212 valence electrons. The molecule has 1 fully saturated rings. The summed E-state index contributed by atoms with van der Waals surface area (Å²) in [5.74, 6) is 0.396. The van der Waals surface area contributed by atoms with Crippen LogP contribution in [0.4, 0.5) is 5.69 Å². The van der Waals surface area contributed by atoms with Crippen molar-refractivity contribution in [1.82, 2.24) is 20.3 Å². The highest BCUT2D eigenvalue weighted by Gasteiger charge is 2.64. The van der Waals surface area contributed by atoms with E-state index in [1.54, 1.807) is 53.3 Å². The van der Waals surface area contributed by atoms with Gasteiger partial charge >= 0.3 is 0 Å². The molecule has 4 rings (SSSR count). The molecule has 1 amide bonds. The zero-order valence-corrected chi connectivity index (χ0v) is 24.6. The molecular weight excluding hydrogens is 554 g/mol. The Hall–Kier alpha value is -3.46. The minimum absolute atomic E-state index is 0.0850. The van der Waals surface area contributed by atoms with E-state index < -0.39 is 10.1 Å². The van der Waals surface area contributed by atoms with Gasteiger partial charge in [-0.1, -0.05) is 50.6 Å². The van der Waals surface area contributed by atoms with E-state index in [0.717, 1.165) is 11.9 Å². The number of carbonyl (C=O) groups excluding carboxylic acids is 1. The summed E-state index contributed by atoms with van der Waals surface area (Å²) in [5.41, 5.74) is 1.59. The van der Waals surface area contributed by atoms with Crippen LogP contribution in [0.2, 0.25) is 5.02 Å². The molecule has 0 unspecified atom stereocenters. The third-order valence-electron chi connectivity index (χ3n) is 7.22. The molecule has 12 heteroatoms. The van der Waals surface area contributed by atoms with Crippen LogP contribution < -0.4 is 10.1 Å². The number of amides is 1. The fraction of sp³-hybridized carbons (Fsp3) is 0.429. The van der Waals surface area contributed by atoms with Crippen molar-refractivity contribution in [3.8, 4) is 11.4 Å². The van der Waals surface area contributed by atoms with Gasteiger partial charge < -0.3 is 10.1 Å². The van der Waals surface area contributed by atoms with Gasteiger partial charge in [-0.3, -0.25) is 8.98 Å². The molecule has 2 aromatic carbocycles. The lowest BCUT2D eigenvalue weighted by atomic mass is 9.49. The van der Waals surface area contributed by atoms with Crippen LogP contribution >= 0.6 is 11.6 Å². The maximum Gasteiger partial charge on any atom is 0.264 e. The smallest absolute Gasteiger partial charge is 0.264 e. The van der Waals surface area contributed by atoms with Gasteiger partial charge in [-0.05, 0) is 49.2 Å². The Balaban J connectivity index is 1.37. The SMILES string of the molecule is [C-]#[N+]c1ccc(OC2C(C)(C)C(NC(=O)c3ccc(-n4cc(CCCOS(C)(=O)=O)nn4)cc3)C2(C)C)cc1Cl. The summed E-state index contributed by atoms with van der Waals surface area (Å²) in [7, 11) is -3.46. The maximum atomic E-state index is 13.2. The highest BCUT2D eigenvalue weighted by molar-refractivity contribution is 7.85. The van der Waals surface area contributed by atoms with Crippen LogP contribution in [-0.4, -0.2) is 54.3 Å². The van der Waals surface area contributed by atoms with Gasteiger partial charge in [0.15, 0.2) is 0 Å². The number of benzene rings is 2. The maximum absolute atomic E-state index is 13.2. The highest BCUT2D eigenvalue weighted by atomic mass is 35.5. The molecule has 10 nitrogen and oxygen atoms in total. The lowest BCUT2D eigenvalue weighted by Crippen LogP contribution is -2.74. The van der Waals surface area contributed by atoms with E-state index in [-0.39, 0.29) is 35.5 Å². The fourth-order valence-corrected chi connectivity index (χ4v) is 6.20. The van der Waals surface area contributed by atoms with Crippen molar-refractivity contribution in [1.29, 1.82) is 0 Å². The first kappa shape index (κ1) is 29.5. The van der Waals surface area contributed by atoms with Crippen molar-refractivity contribution in [2.75, 3.05) is 12.9 Å². The molecule has 0 radical (unpaired) electrons. The average molecular weight is 586 g/mol. The van der Waals surface area contributed by atoms with Crippen molar-refractivity contribution in [3.63, 3.8) is 0 Å². The lowest BCUT2D eigenvalue weighted by Gasteiger charge is -2.63. The summed E-state index contributed by atoms with van der Waals surface area (Å²) in [6.07, 6.45) is 3.60. The van der Waals surface area contributed by atoms with E-state index >= 15 is 0 Å². The Morgan fingerprint density at radius 3 is 2.42 bits per heavy atom. The fourth-order valence-electron chi connectivity index (χ4n) is 5.57. The number of aromatic nitrogens is 3. The first-order valence-electron chi connectivity index (χ1n) is 12.7. The Bertz CT molecular complexity index is 1530. The number of nitrogens with zero attached hydrogens (tertiary/aromatic N) is 4. The van der Waals surface area contributed by atoms with Crippen LogP contribution in [0, 0.1) is 17.4 Å². The normalized spacial score (nSPS) is 19.3. The van der Waals surface area contributed by atoms with Gasteiger partial charge in [-0.15, -0.1) is 5.10 Å². The number of hydrogen-bond donors (Lipinski definition) is 1.